The molecule has 0 amide bonds. The number of halogens is 1. The summed E-state index contributed by atoms with van der Waals surface area (Å²) in [6.45, 7) is 3.03. The maximum Gasteiger partial charge on any atom is 0.193 e. The summed E-state index contributed by atoms with van der Waals surface area (Å²) in [5.74, 6) is 1.85. The topological polar surface area (TPSA) is 68.9 Å². The second-order valence-electron chi connectivity index (χ2n) is 6.08. The number of aryl methyl sites for hydroxylation is 2. The van der Waals surface area contributed by atoms with Crippen molar-refractivity contribution in [3.63, 3.8) is 0 Å². The highest BCUT2D eigenvalue weighted by atomic mass is 127. The summed E-state index contributed by atoms with van der Waals surface area (Å²) in [4.78, 5) is 4.42. The first-order valence-corrected chi connectivity index (χ1v) is 8.68. The number of nitrogens with two attached hydrogens (primary N) is 1. The molecular weight excluding hydrogens is 441 g/mol. The van der Waals surface area contributed by atoms with Crippen LogP contribution in [0.5, 0.6) is 11.5 Å². The zero-order valence-electron chi connectivity index (χ0n) is 15.2. The predicted octanol–water partition coefficient (Wildman–Crippen LogP) is 4.13. The number of guanidine groups is 1. The van der Waals surface area contributed by atoms with Gasteiger partial charge >= 0.3 is 0 Å². The molecule has 140 valence electrons. The van der Waals surface area contributed by atoms with Gasteiger partial charge in [-0.3, -0.25) is 0 Å². The van der Waals surface area contributed by atoms with E-state index < -0.39 is 0 Å². The van der Waals surface area contributed by atoms with E-state index in [1.165, 1.54) is 24.0 Å². The molecule has 0 bridgehead atoms. The Bertz CT molecular complexity index is 778. The van der Waals surface area contributed by atoms with E-state index in [-0.39, 0.29) is 24.0 Å². The molecule has 0 saturated carbocycles. The number of rotatable bonds is 6. The maximum absolute atomic E-state index is 6.03. The maximum atomic E-state index is 6.03. The largest absolute Gasteiger partial charge is 0.493 e. The molecule has 0 radical (unpaired) electrons. The number of methoxy groups -OCH3 is 1. The fourth-order valence-corrected chi connectivity index (χ4v) is 3.10. The van der Waals surface area contributed by atoms with Crippen LogP contribution < -0.4 is 20.5 Å². The third-order valence-corrected chi connectivity index (χ3v) is 4.33. The molecule has 5 nitrogen and oxygen atoms in total. The van der Waals surface area contributed by atoms with Crippen LogP contribution in [0, 0.1) is 0 Å². The van der Waals surface area contributed by atoms with E-state index in [0.717, 1.165) is 23.4 Å². The fraction of sp³-hybridized carbons (Fsp3) is 0.350. The molecule has 3 N–H and O–H groups in total. The lowest BCUT2D eigenvalue weighted by atomic mass is 10.1. The molecule has 2 aromatic rings. The number of anilines is 1. The number of fused-ring (bicyclic) bond motifs is 1. The zero-order chi connectivity index (χ0) is 17.6. The highest BCUT2D eigenvalue weighted by Crippen LogP contribution is 2.28. The molecule has 0 aliphatic heterocycles. The van der Waals surface area contributed by atoms with Gasteiger partial charge in [-0.05, 0) is 67.1 Å². The minimum absolute atomic E-state index is 0. The molecule has 2 aromatic carbocycles. The summed E-state index contributed by atoms with van der Waals surface area (Å²) in [7, 11) is 1.63. The molecule has 26 heavy (non-hydrogen) atoms. The van der Waals surface area contributed by atoms with E-state index in [4.69, 9.17) is 15.2 Å². The van der Waals surface area contributed by atoms with E-state index in [1.807, 2.05) is 25.1 Å². The van der Waals surface area contributed by atoms with Crippen molar-refractivity contribution in [2.75, 3.05) is 19.0 Å². The van der Waals surface area contributed by atoms with Crippen LogP contribution >= 0.6 is 24.0 Å². The Labute approximate surface area is 172 Å². The van der Waals surface area contributed by atoms with Crippen LogP contribution in [0.25, 0.3) is 0 Å². The van der Waals surface area contributed by atoms with Gasteiger partial charge in [-0.1, -0.05) is 12.1 Å². The molecule has 0 spiro atoms. The Morgan fingerprint density at radius 3 is 2.69 bits per heavy atom. The van der Waals surface area contributed by atoms with Crippen LogP contribution in [0.1, 0.15) is 30.0 Å². The SMILES string of the molecule is CCOc1ccc(CN=C(N)Nc2ccc3c(c2)CCC3)cc1OC.I. The Kier molecular flexibility index (Phi) is 7.56. The van der Waals surface area contributed by atoms with Gasteiger partial charge in [-0.25, -0.2) is 4.99 Å². The second-order valence-corrected chi connectivity index (χ2v) is 6.08. The minimum atomic E-state index is 0. The number of benzene rings is 2. The lowest BCUT2D eigenvalue weighted by molar-refractivity contribution is 0.310. The highest BCUT2D eigenvalue weighted by molar-refractivity contribution is 14.0. The van der Waals surface area contributed by atoms with Gasteiger partial charge in [-0.2, -0.15) is 0 Å². The first kappa shape index (κ1) is 20.4. The number of aliphatic imine (C=N–C) groups is 1. The number of ether oxygens (including phenoxy) is 2. The standard InChI is InChI=1S/C20H25N3O2.HI/c1-3-25-18-10-7-14(11-19(18)24-2)13-22-20(21)23-17-9-8-15-5-4-6-16(15)12-17;/h7-12H,3-6,13H2,1-2H3,(H3,21,22,23);1H. The molecule has 0 heterocycles. The van der Waals surface area contributed by atoms with Crippen molar-refractivity contribution < 1.29 is 9.47 Å². The molecule has 3 rings (SSSR count). The van der Waals surface area contributed by atoms with Crippen LogP contribution in [-0.2, 0) is 19.4 Å². The van der Waals surface area contributed by atoms with Gasteiger partial charge in [0.2, 0.25) is 0 Å². The third kappa shape index (κ3) is 5.03. The van der Waals surface area contributed by atoms with E-state index >= 15 is 0 Å². The number of hydrogen-bond acceptors (Lipinski definition) is 3. The summed E-state index contributed by atoms with van der Waals surface area (Å²) in [6, 6.07) is 12.2. The molecule has 1 aliphatic rings. The summed E-state index contributed by atoms with van der Waals surface area (Å²) >= 11 is 0. The van der Waals surface area contributed by atoms with Crippen molar-refractivity contribution in [2.24, 2.45) is 10.7 Å². The lowest BCUT2D eigenvalue weighted by Crippen LogP contribution is -2.22. The van der Waals surface area contributed by atoms with E-state index in [9.17, 15) is 0 Å². The summed E-state index contributed by atoms with van der Waals surface area (Å²) < 4.78 is 10.9. The number of hydrogen-bond donors (Lipinski definition) is 2. The van der Waals surface area contributed by atoms with E-state index in [0.29, 0.717) is 24.9 Å². The van der Waals surface area contributed by atoms with Crippen LogP contribution in [-0.4, -0.2) is 19.7 Å². The summed E-state index contributed by atoms with van der Waals surface area (Å²) in [5, 5.41) is 3.17. The van der Waals surface area contributed by atoms with E-state index in [1.54, 1.807) is 7.11 Å². The van der Waals surface area contributed by atoms with Crippen molar-refractivity contribution in [3.8, 4) is 11.5 Å². The van der Waals surface area contributed by atoms with Crippen LogP contribution in [0.3, 0.4) is 0 Å². The number of nitrogens with one attached hydrogen (secondary N) is 1. The Hall–Kier alpha value is -1.96. The quantitative estimate of drug-likeness (QED) is 0.381. The Morgan fingerprint density at radius 2 is 1.92 bits per heavy atom. The van der Waals surface area contributed by atoms with Gasteiger partial charge in [0, 0.05) is 5.69 Å². The first-order chi connectivity index (χ1) is 12.2. The molecule has 0 atom stereocenters. The van der Waals surface area contributed by atoms with Crippen molar-refractivity contribution in [3.05, 3.63) is 53.1 Å². The highest BCUT2D eigenvalue weighted by Gasteiger charge is 2.11. The smallest absolute Gasteiger partial charge is 0.193 e. The molecule has 6 heteroatoms. The van der Waals surface area contributed by atoms with Gasteiger partial charge in [0.05, 0.1) is 20.3 Å². The van der Waals surface area contributed by atoms with Gasteiger partial charge < -0.3 is 20.5 Å². The van der Waals surface area contributed by atoms with Crippen molar-refractivity contribution in [2.45, 2.75) is 32.7 Å². The monoisotopic (exact) mass is 467 g/mol. The summed E-state index contributed by atoms with van der Waals surface area (Å²) in [6.07, 6.45) is 3.56. The molecule has 0 aromatic heterocycles. The fourth-order valence-electron chi connectivity index (χ4n) is 3.10. The second kappa shape index (κ2) is 9.66. The third-order valence-electron chi connectivity index (χ3n) is 4.33. The van der Waals surface area contributed by atoms with Crippen LogP contribution in [0.2, 0.25) is 0 Å². The van der Waals surface area contributed by atoms with Crippen molar-refractivity contribution in [1.29, 1.82) is 0 Å². The zero-order valence-corrected chi connectivity index (χ0v) is 17.6. The lowest BCUT2D eigenvalue weighted by Gasteiger charge is -2.11. The van der Waals surface area contributed by atoms with Crippen LogP contribution in [0.4, 0.5) is 5.69 Å². The first-order valence-electron chi connectivity index (χ1n) is 8.68. The minimum Gasteiger partial charge on any atom is -0.493 e. The average Bonchev–Trinajstić information content (AvgIpc) is 3.09. The van der Waals surface area contributed by atoms with Crippen molar-refractivity contribution in [1.82, 2.24) is 0 Å². The molecule has 1 aliphatic carbocycles. The van der Waals surface area contributed by atoms with Gasteiger partial charge in [0.15, 0.2) is 17.5 Å². The Balaban J connectivity index is 0.00000243. The average molecular weight is 467 g/mol. The van der Waals surface area contributed by atoms with Gasteiger partial charge in [-0.15, -0.1) is 24.0 Å². The van der Waals surface area contributed by atoms with Gasteiger partial charge in [0.1, 0.15) is 0 Å². The molecule has 0 unspecified atom stereocenters. The number of nitrogens with zero attached hydrogens (tertiary/aromatic N) is 1. The normalized spacial score (nSPS) is 12.9. The molecular formula is C20H26IN3O2. The summed E-state index contributed by atoms with van der Waals surface area (Å²) in [5.41, 5.74) is 10.9. The molecule has 0 fully saturated rings. The van der Waals surface area contributed by atoms with Gasteiger partial charge in [0.25, 0.3) is 0 Å². The van der Waals surface area contributed by atoms with E-state index in [2.05, 4.69) is 28.5 Å². The predicted molar refractivity (Wildman–Crippen MR) is 117 cm³/mol. The van der Waals surface area contributed by atoms with Crippen LogP contribution in [0.15, 0.2) is 41.4 Å². The van der Waals surface area contributed by atoms with Crippen molar-refractivity contribution >= 4 is 35.6 Å². The molecule has 0 saturated heterocycles. The Morgan fingerprint density at radius 1 is 1.12 bits per heavy atom.